The van der Waals surface area contributed by atoms with Crippen LogP contribution in [0, 0.1) is 0 Å². The molecule has 3 heterocycles. The molecule has 0 saturated carbocycles. The molecule has 0 atom stereocenters. The average molecular weight is 270 g/mol. The number of nitrogens with two attached hydrogens (primary N) is 1. The van der Waals surface area contributed by atoms with Crippen LogP contribution in [0.5, 0.6) is 0 Å². The first-order chi connectivity index (χ1) is 9.45. The van der Waals surface area contributed by atoms with Gasteiger partial charge in [0, 0.05) is 17.9 Å². The van der Waals surface area contributed by atoms with Gasteiger partial charge in [0.2, 0.25) is 0 Å². The Morgan fingerprint density at radius 2 is 2.05 bits per heavy atom. The van der Waals surface area contributed by atoms with Gasteiger partial charge in [-0.1, -0.05) is 0 Å². The number of pyridine rings is 1. The molecule has 0 spiro atoms. The molecule has 0 radical (unpaired) electrons. The second-order valence-electron chi connectivity index (χ2n) is 5.87. The van der Waals surface area contributed by atoms with E-state index in [-0.39, 0.29) is 5.54 Å². The van der Waals surface area contributed by atoms with Crippen molar-refractivity contribution in [3.8, 4) is 0 Å². The number of fused-ring (bicyclic) bond motifs is 1. The molecular formula is C14H18N6. The fourth-order valence-electron chi connectivity index (χ4n) is 2.45. The lowest BCUT2D eigenvalue weighted by Gasteiger charge is -2.24. The van der Waals surface area contributed by atoms with Gasteiger partial charge >= 0.3 is 0 Å². The van der Waals surface area contributed by atoms with E-state index in [2.05, 4.69) is 40.4 Å². The predicted molar refractivity (Wildman–Crippen MR) is 78.3 cm³/mol. The quantitative estimate of drug-likeness (QED) is 0.773. The first kappa shape index (κ1) is 12.7. The molecule has 0 aromatic carbocycles. The van der Waals surface area contributed by atoms with Crippen LogP contribution in [0.25, 0.3) is 11.0 Å². The second-order valence-corrected chi connectivity index (χ2v) is 5.87. The Balaban J connectivity index is 2.14. The van der Waals surface area contributed by atoms with E-state index in [0.29, 0.717) is 12.2 Å². The molecule has 3 aromatic heterocycles. The van der Waals surface area contributed by atoms with E-state index in [9.17, 15) is 0 Å². The monoisotopic (exact) mass is 270 g/mol. The van der Waals surface area contributed by atoms with Crippen molar-refractivity contribution in [1.29, 1.82) is 0 Å². The molecule has 0 bridgehead atoms. The third-order valence-electron chi connectivity index (χ3n) is 3.15. The molecule has 0 aliphatic heterocycles. The van der Waals surface area contributed by atoms with Crippen molar-refractivity contribution in [1.82, 2.24) is 24.3 Å². The van der Waals surface area contributed by atoms with E-state index in [1.54, 1.807) is 23.3 Å². The number of anilines is 1. The fraction of sp³-hybridized carbons (Fsp3) is 0.357. The van der Waals surface area contributed by atoms with E-state index in [1.165, 1.54) is 0 Å². The molecule has 0 fully saturated rings. The van der Waals surface area contributed by atoms with Crippen molar-refractivity contribution < 1.29 is 0 Å². The van der Waals surface area contributed by atoms with Crippen molar-refractivity contribution >= 4 is 16.7 Å². The van der Waals surface area contributed by atoms with Crippen molar-refractivity contribution in [3.05, 3.63) is 36.7 Å². The molecule has 0 saturated heterocycles. The number of rotatable bonds is 2. The van der Waals surface area contributed by atoms with Crippen LogP contribution in [0.1, 0.15) is 26.6 Å². The fourth-order valence-corrected chi connectivity index (χ4v) is 2.45. The first-order valence-electron chi connectivity index (χ1n) is 6.55. The highest BCUT2D eigenvalue weighted by Gasteiger charge is 2.21. The van der Waals surface area contributed by atoms with Crippen LogP contribution in [-0.2, 0) is 12.1 Å². The molecule has 6 nitrogen and oxygen atoms in total. The molecule has 104 valence electrons. The Hall–Kier alpha value is -2.37. The zero-order valence-electron chi connectivity index (χ0n) is 11.9. The molecular weight excluding hydrogens is 252 g/mol. The van der Waals surface area contributed by atoms with Crippen LogP contribution in [0.15, 0.2) is 30.9 Å². The van der Waals surface area contributed by atoms with Gasteiger partial charge in [-0.25, -0.2) is 4.98 Å². The van der Waals surface area contributed by atoms with E-state index >= 15 is 0 Å². The zero-order chi connectivity index (χ0) is 14.3. The normalized spacial score (nSPS) is 12.2. The Kier molecular flexibility index (Phi) is 2.74. The summed E-state index contributed by atoms with van der Waals surface area (Å²) in [6.45, 7) is 7.07. The lowest BCUT2D eigenvalue weighted by molar-refractivity contribution is 0.388. The lowest BCUT2D eigenvalue weighted by atomic mass is 10.1. The van der Waals surface area contributed by atoms with Crippen molar-refractivity contribution in [2.45, 2.75) is 32.9 Å². The van der Waals surface area contributed by atoms with E-state index in [0.717, 1.165) is 16.9 Å². The average Bonchev–Trinajstić information content (AvgIpc) is 2.91. The van der Waals surface area contributed by atoms with Gasteiger partial charge in [0.15, 0.2) is 0 Å². The highest BCUT2D eigenvalue weighted by Crippen LogP contribution is 2.25. The predicted octanol–water partition coefficient (Wildman–Crippen LogP) is 2.01. The summed E-state index contributed by atoms with van der Waals surface area (Å²) in [5.41, 5.74) is 8.29. The molecule has 3 aromatic rings. The van der Waals surface area contributed by atoms with E-state index in [1.807, 2.05) is 12.3 Å². The van der Waals surface area contributed by atoms with E-state index in [4.69, 9.17) is 5.73 Å². The van der Waals surface area contributed by atoms with Crippen molar-refractivity contribution in [2.75, 3.05) is 5.73 Å². The number of nitrogen functional groups attached to an aromatic ring is 1. The number of hydrogen-bond donors (Lipinski definition) is 1. The van der Waals surface area contributed by atoms with E-state index < -0.39 is 0 Å². The van der Waals surface area contributed by atoms with Crippen LogP contribution < -0.4 is 5.73 Å². The van der Waals surface area contributed by atoms with Crippen LogP contribution in [-0.4, -0.2) is 24.3 Å². The van der Waals surface area contributed by atoms with Gasteiger partial charge in [-0.2, -0.15) is 5.10 Å². The Labute approximate surface area is 117 Å². The van der Waals surface area contributed by atoms with Crippen LogP contribution >= 0.6 is 0 Å². The highest BCUT2D eigenvalue weighted by molar-refractivity contribution is 5.75. The van der Waals surface area contributed by atoms with Crippen LogP contribution in [0.4, 0.5) is 5.69 Å². The molecule has 0 aliphatic carbocycles. The number of imidazole rings is 1. The van der Waals surface area contributed by atoms with Gasteiger partial charge in [-0.05, 0) is 26.8 Å². The SMILES string of the molecule is CC(C)(C)n1c(Cn2cc(N)cn2)nc2cnccc21. The maximum atomic E-state index is 5.71. The Morgan fingerprint density at radius 1 is 1.25 bits per heavy atom. The zero-order valence-corrected chi connectivity index (χ0v) is 11.9. The Bertz CT molecular complexity index is 746. The largest absolute Gasteiger partial charge is 0.396 e. The van der Waals surface area contributed by atoms with Crippen molar-refractivity contribution in [3.63, 3.8) is 0 Å². The third kappa shape index (κ3) is 2.13. The summed E-state index contributed by atoms with van der Waals surface area (Å²) in [4.78, 5) is 8.82. The van der Waals surface area contributed by atoms with Gasteiger partial charge in [-0.15, -0.1) is 0 Å². The number of nitrogens with zero attached hydrogens (tertiary/aromatic N) is 5. The standard InChI is InChI=1S/C14H18N6/c1-14(2,3)20-12-4-5-16-7-11(12)18-13(20)9-19-8-10(15)6-17-19/h4-8H,9,15H2,1-3H3. The maximum absolute atomic E-state index is 5.71. The minimum absolute atomic E-state index is 0.0653. The highest BCUT2D eigenvalue weighted by atomic mass is 15.3. The third-order valence-corrected chi connectivity index (χ3v) is 3.15. The van der Waals surface area contributed by atoms with Gasteiger partial charge in [0.05, 0.1) is 30.1 Å². The summed E-state index contributed by atoms with van der Waals surface area (Å²) in [6.07, 6.45) is 7.04. The summed E-state index contributed by atoms with van der Waals surface area (Å²) in [6, 6.07) is 1.99. The topological polar surface area (TPSA) is 74.5 Å². The minimum Gasteiger partial charge on any atom is -0.396 e. The Morgan fingerprint density at radius 3 is 2.70 bits per heavy atom. The minimum atomic E-state index is -0.0653. The van der Waals surface area contributed by atoms with Gasteiger partial charge < -0.3 is 10.3 Å². The first-order valence-corrected chi connectivity index (χ1v) is 6.55. The lowest BCUT2D eigenvalue weighted by Crippen LogP contribution is -2.25. The van der Waals surface area contributed by atoms with Crippen LogP contribution in [0.2, 0.25) is 0 Å². The van der Waals surface area contributed by atoms with Gasteiger partial charge in [-0.3, -0.25) is 9.67 Å². The van der Waals surface area contributed by atoms with Gasteiger partial charge in [0.1, 0.15) is 11.3 Å². The molecule has 0 aliphatic rings. The summed E-state index contributed by atoms with van der Waals surface area (Å²) >= 11 is 0. The molecule has 3 rings (SSSR count). The number of hydrogen-bond acceptors (Lipinski definition) is 4. The van der Waals surface area contributed by atoms with Gasteiger partial charge in [0.25, 0.3) is 0 Å². The molecule has 6 heteroatoms. The molecule has 2 N–H and O–H groups in total. The van der Waals surface area contributed by atoms with Crippen molar-refractivity contribution in [2.24, 2.45) is 0 Å². The maximum Gasteiger partial charge on any atom is 0.132 e. The molecule has 0 unspecified atom stereocenters. The molecule has 0 amide bonds. The van der Waals surface area contributed by atoms with Crippen LogP contribution in [0.3, 0.4) is 0 Å². The summed E-state index contributed by atoms with van der Waals surface area (Å²) < 4.78 is 4.02. The second kappa shape index (κ2) is 4.33. The summed E-state index contributed by atoms with van der Waals surface area (Å²) in [7, 11) is 0. The number of aromatic nitrogens is 5. The molecule has 20 heavy (non-hydrogen) atoms. The summed E-state index contributed by atoms with van der Waals surface area (Å²) in [5.74, 6) is 0.948. The smallest absolute Gasteiger partial charge is 0.132 e. The summed E-state index contributed by atoms with van der Waals surface area (Å²) in [5, 5.41) is 4.23.